The zero-order valence-electron chi connectivity index (χ0n) is 24.4. The van der Waals surface area contributed by atoms with E-state index in [0.717, 1.165) is 0 Å². The summed E-state index contributed by atoms with van der Waals surface area (Å²) in [5.74, 6) is 0.228. The predicted molar refractivity (Wildman–Crippen MR) is 148 cm³/mol. The number of fused-ring (bicyclic) bond motifs is 1. The van der Waals surface area contributed by atoms with Gasteiger partial charge in [0.2, 0.25) is 8.32 Å². The van der Waals surface area contributed by atoms with E-state index in [-0.39, 0.29) is 33.5 Å². The van der Waals surface area contributed by atoms with E-state index in [4.69, 9.17) is 22.4 Å². The van der Waals surface area contributed by atoms with Gasteiger partial charge in [0.05, 0.1) is 19.0 Å². The van der Waals surface area contributed by atoms with Crippen molar-refractivity contribution < 1.29 is 27.2 Å². The summed E-state index contributed by atoms with van der Waals surface area (Å²) >= 11 is 0. The van der Waals surface area contributed by atoms with Crippen molar-refractivity contribution in [2.75, 3.05) is 6.61 Å². The zero-order valence-corrected chi connectivity index (χ0v) is 26.4. The van der Waals surface area contributed by atoms with E-state index in [1.54, 1.807) is 12.1 Å². The van der Waals surface area contributed by atoms with Crippen LogP contribution in [0.2, 0.25) is 26.7 Å². The number of rotatable bonds is 7. The van der Waals surface area contributed by atoms with E-state index in [9.17, 15) is 4.79 Å². The molecule has 0 spiro atoms. The lowest BCUT2D eigenvalue weighted by molar-refractivity contribution is -0.125. The number of allylic oxidation sites excluding steroid dienone is 1. The molecule has 3 heterocycles. The molecule has 1 fully saturated rings. The Morgan fingerprint density at radius 2 is 1.56 bits per heavy atom. The van der Waals surface area contributed by atoms with Crippen molar-refractivity contribution in [3.63, 3.8) is 0 Å². The quantitative estimate of drug-likeness (QED) is 0.262. The van der Waals surface area contributed by atoms with Crippen molar-refractivity contribution in [3.05, 3.63) is 36.0 Å². The maximum Gasteiger partial charge on any atom is 0.349 e. The van der Waals surface area contributed by atoms with Gasteiger partial charge in [0.25, 0.3) is 5.78 Å². The zero-order chi connectivity index (χ0) is 27.3. The van der Waals surface area contributed by atoms with E-state index in [1.807, 2.05) is 6.08 Å². The van der Waals surface area contributed by atoms with Crippen LogP contribution in [0.5, 0.6) is 0 Å². The van der Waals surface area contributed by atoms with Crippen LogP contribution >= 0.6 is 0 Å². The summed E-state index contributed by atoms with van der Waals surface area (Å²) in [6.45, 7) is 27.3. The molecule has 1 aromatic heterocycles. The van der Waals surface area contributed by atoms with Crippen LogP contribution in [-0.4, -0.2) is 47.6 Å². The molecule has 3 atom stereocenters. The molecule has 6 nitrogen and oxygen atoms in total. The normalized spacial score (nSPS) is 25.1. The largest absolute Gasteiger partial charge is 0.481 e. The van der Waals surface area contributed by atoms with Gasteiger partial charge in [0.1, 0.15) is 12.2 Å². The fourth-order valence-electron chi connectivity index (χ4n) is 6.74. The highest BCUT2D eigenvalue weighted by Gasteiger charge is 2.64. The molecule has 1 saturated heterocycles. The molecule has 2 aliphatic rings. The average Bonchev–Trinajstić information content (AvgIpc) is 3.28. The van der Waals surface area contributed by atoms with Crippen LogP contribution in [0.25, 0.3) is 0 Å². The summed E-state index contributed by atoms with van der Waals surface area (Å²) in [7, 11) is -5.07. The molecule has 0 N–H and O–H groups in total. The highest BCUT2D eigenvalue weighted by atomic mass is 28.4. The first kappa shape index (κ1) is 29.4. The second kappa shape index (κ2) is 10.2. The molecule has 0 aliphatic carbocycles. The molecule has 0 aromatic carbocycles. The fourth-order valence-corrected chi connectivity index (χ4v) is 17.2. The first-order chi connectivity index (χ1) is 16.5. The van der Waals surface area contributed by atoms with Crippen LogP contribution in [0.3, 0.4) is 0 Å². The molecule has 0 bridgehead atoms. The number of Topliss-reactive ketones (excluding diaryl/α,β-unsaturated/α-hetero) is 1. The summed E-state index contributed by atoms with van der Waals surface area (Å²) in [4.78, 5) is 13.3. The van der Waals surface area contributed by atoms with E-state index >= 15 is 0 Å². The third-order valence-electron chi connectivity index (χ3n) is 8.03. The van der Waals surface area contributed by atoms with E-state index < -0.39 is 29.1 Å². The van der Waals surface area contributed by atoms with Crippen LogP contribution in [0, 0.1) is 0 Å². The Balaban J connectivity index is 2.13. The summed E-state index contributed by atoms with van der Waals surface area (Å²) in [5, 5.41) is -0.338. The Bertz CT molecular complexity index is 900. The minimum atomic E-state index is -2.77. The lowest BCUT2D eigenvalue weighted by Gasteiger charge is -2.57. The van der Waals surface area contributed by atoms with Crippen molar-refractivity contribution in [1.82, 2.24) is 0 Å². The monoisotopic (exact) mass is 536 g/mol. The van der Waals surface area contributed by atoms with Gasteiger partial charge in [-0.2, -0.15) is 0 Å². The van der Waals surface area contributed by atoms with Gasteiger partial charge in [-0.05, 0) is 34.8 Å². The van der Waals surface area contributed by atoms with Gasteiger partial charge in [0, 0.05) is 10.1 Å². The second-order valence-corrected chi connectivity index (χ2v) is 23.6. The molecule has 204 valence electrons. The lowest BCUT2D eigenvalue weighted by Crippen LogP contribution is -2.68. The van der Waals surface area contributed by atoms with Crippen molar-refractivity contribution in [2.24, 2.45) is 0 Å². The standard InChI is InChI=1S/C28H48O6Si2/c1-18(2)35(19(3)4,20(5)6)33-23-16-22(25(29)21-14-13-15-30-21)32-24-17-31-36(27(7,8)9,28(10,11)12)34-26(23)24/h13-16,18-20,23-24,26H,17H2,1-12H3/t23-,24-,26+/m1/s1. The minimum absolute atomic E-state index is 0.169. The van der Waals surface area contributed by atoms with Crippen LogP contribution in [0.1, 0.15) is 93.6 Å². The molecule has 0 radical (unpaired) electrons. The SMILES string of the molecule is CC(C)[Si](O[C@@H]1C=C(C(=O)c2ccco2)O[C@@H]2CO[Si](C(C)(C)C)(C(C)(C)C)O[C@@H]12)(C(C)C)C(C)C. The van der Waals surface area contributed by atoms with E-state index in [0.29, 0.717) is 23.2 Å². The number of hydrogen-bond acceptors (Lipinski definition) is 6. The number of furan rings is 1. The maximum absolute atomic E-state index is 13.3. The predicted octanol–water partition coefficient (Wildman–Crippen LogP) is 7.76. The van der Waals surface area contributed by atoms with Gasteiger partial charge in [-0.3, -0.25) is 4.79 Å². The molecule has 0 amide bonds. The van der Waals surface area contributed by atoms with Gasteiger partial charge < -0.3 is 22.4 Å². The third-order valence-corrected chi connectivity index (χ3v) is 19.2. The first-order valence-electron chi connectivity index (χ1n) is 13.4. The first-order valence-corrected chi connectivity index (χ1v) is 17.4. The molecule has 3 rings (SSSR count). The molecule has 8 heteroatoms. The minimum Gasteiger partial charge on any atom is -0.481 e. The Morgan fingerprint density at radius 1 is 1.00 bits per heavy atom. The van der Waals surface area contributed by atoms with Crippen LogP contribution in [-0.2, 0) is 18.0 Å². The highest BCUT2D eigenvalue weighted by molar-refractivity contribution is 6.77. The van der Waals surface area contributed by atoms with E-state index in [1.165, 1.54) is 6.26 Å². The summed E-state index contributed by atoms with van der Waals surface area (Å²) in [6, 6.07) is 3.37. The summed E-state index contributed by atoms with van der Waals surface area (Å²) in [6.07, 6.45) is 2.17. The fraction of sp³-hybridized carbons (Fsp3) is 0.750. The van der Waals surface area contributed by atoms with Gasteiger partial charge in [-0.15, -0.1) is 0 Å². The third kappa shape index (κ3) is 4.96. The van der Waals surface area contributed by atoms with Gasteiger partial charge in [-0.1, -0.05) is 83.1 Å². The summed E-state index contributed by atoms with van der Waals surface area (Å²) in [5.41, 5.74) is 1.18. The van der Waals surface area contributed by atoms with Gasteiger partial charge >= 0.3 is 8.56 Å². The Kier molecular flexibility index (Phi) is 8.30. The molecule has 0 unspecified atom stereocenters. The summed E-state index contributed by atoms with van der Waals surface area (Å²) < 4.78 is 32.8. The van der Waals surface area contributed by atoms with Crippen molar-refractivity contribution in [1.29, 1.82) is 0 Å². The highest BCUT2D eigenvalue weighted by Crippen LogP contribution is 2.55. The van der Waals surface area contributed by atoms with Gasteiger partial charge in [0.15, 0.2) is 11.5 Å². The van der Waals surface area contributed by atoms with Crippen molar-refractivity contribution >= 4 is 22.7 Å². The van der Waals surface area contributed by atoms with Crippen LogP contribution in [0.15, 0.2) is 34.6 Å². The average molecular weight is 537 g/mol. The molecule has 36 heavy (non-hydrogen) atoms. The van der Waals surface area contributed by atoms with E-state index in [2.05, 4.69) is 83.1 Å². The molecule has 1 aromatic rings. The molecule has 0 saturated carbocycles. The number of carbonyl (C=O) groups excluding carboxylic acids is 1. The topological polar surface area (TPSA) is 67.1 Å². The Morgan fingerprint density at radius 3 is 2.00 bits per heavy atom. The van der Waals surface area contributed by atoms with Crippen LogP contribution in [0.4, 0.5) is 0 Å². The smallest absolute Gasteiger partial charge is 0.349 e. The maximum atomic E-state index is 13.3. The molecular formula is C28H48O6Si2. The number of ketones is 1. The number of hydrogen-bond donors (Lipinski definition) is 0. The van der Waals surface area contributed by atoms with Crippen molar-refractivity contribution in [2.45, 2.75) is 128 Å². The lowest BCUT2D eigenvalue weighted by atomic mass is 10.0. The van der Waals surface area contributed by atoms with Crippen LogP contribution < -0.4 is 0 Å². The number of ether oxygens (including phenoxy) is 1. The Labute approximate surface area is 220 Å². The second-order valence-electron chi connectivity index (χ2n) is 13.4. The number of carbonyl (C=O) groups is 1. The molecular weight excluding hydrogens is 488 g/mol. The van der Waals surface area contributed by atoms with Crippen molar-refractivity contribution in [3.8, 4) is 0 Å². The van der Waals surface area contributed by atoms with Gasteiger partial charge in [-0.25, -0.2) is 0 Å². The molecule has 2 aliphatic heterocycles. The Hall–Kier alpha value is -1.20.